The SMILES string of the molecule is COc1ccc(Nc2nc(N)nc(C(F)(F)F)n2)cc1. The number of halogens is 3. The number of hydrogen-bond donors (Lipinski definition) is 2. The molecule has 6 nitrogen and oxygen atoms in total. The molecule has 0 atom stereocenters. The zero-order chi connectivity index (χ0) is 14.8. The van der Waals surface area contributed by atoms with E-state index >= 15 is 0 Å². The number of hydrogen-bond acceptors (Lipinski definition) is 6. The summed E-state index contributed by atoms with van der Waals surface area (Å²) in [4.78, 5) is 9.92. The van der Waals surface area contributed by atoms with Gasteiger partial charge in [-0.05, 0) is 24.3 Å². The Bertz CT molecular complexity index is 600. The van der Waals surface area contributed by atoms with Crippen LogP contribution >= 0.6 is 0 Å². The molecule has 0 amide bonds. The molecule has 0 radical (unpaired) electrons. The molecule has 9 heteroatoms. The fraction of sp³-hybridized carbons (Fsp3) is 0.182. The Morgan fingerprint density at radius 1 is 1.10 bits per heavy atom. The first-order valence-corrected chi connectivity index (χ1v) is 5.38. The molecular weight excluding hydrogens is 275 g/mol. The molecule has 0 saturated heterocycles. The van der Waals surface area contributed by atoms with Gasteiger partial charge in [0, 0.05) is 5.69 Å². The van der Waals surface area contributed by atoms with Crippen LogP contribution in [-0.2, 0) is 6.18 Å². The maximum atomic E-state index is 12.5. The molecular formula is C11H10F3N5O. The van der Waals surface area contributed by atoms with Crippen LogP contribution in [0.5, 0.6) is 5.75 Å². The molecule has 20 heavy (non-hydrogen) atoms. The van der Waals surface area contributed by atoms with Gasteiger partial charge < -0.3 is 15.8 Å². The number of aromatic nitrogens is 3. The monoisotopic (exact) mass is 285 g/mol. The second-order valence-corrected chi connectivity index (χ2v) is 3.69. The molecule has 2 aromatic rings. The standard InChI is InChI=1S/C11H10F3N5O/c1-20-7-4-2-6(3-5-7)16-10-18-8(11(12,13)14)17-9(15)19-10/h2-5H,1H3,(H3,15,16,17,18,19). The molecule has 2 rings (SSSR count). The second kappa shape index (κ2) is 5.19. The second-order valence-electron chi connectivity index (χ2n) is 3.69. The fourth-order valence-electron chi connectivity index (χ4n) is 1.38. The van der Waals surface area contributed by atoms with Gasteiger partial charge in [0.05, 0.1) is 7.11 Å². The topological polar surface area (TPSA) is 86.0 Å². The maximum Gasteiger partial charge on any atom is 0.451 e. The average molecular weight is 285 g/mol. The summed E-state index contributed by atoms with van der Waals surface area (Å²) < 4.78 is 42.6. The van der Waals surface area contributed by atoms with Gasteiger partial charge in [-0.15, -0.1) is 0 Å². The van der Waals surface area contributed by atoms with E-state index in [9.17, 15) is 13.2 Å². The van der Waals surface area contributed by atoms with Crippen molar-refractivity contribution in [3.63, 3.8) is 0 Å². The minimum absolute atomic E-state index is 0.282. The third-order valence-corrected chi connectivity index (χ3v) is 2.25. The molecule has 0 aliphatic heterocycles. The van der Waals surface area contributed by atoms with E-state index in [2.05, 4.69) is 20.3 Å². The lowest BCUT2D eigenvalue weighted by atomic mass is 10.3. The number of nitrogen functional groups attached to an aromatic ring is 1. The molecule has 0 fully saturated rings. The van der Waals surface area contributed by atoms with E-state index in [1.807, 2.05) is 0 Å². The molecule has 0 aliphatic carbocycles. The van der Waals surface area contributed by atoms with E-state index in [1.54, 1.807) is 24.3 Å². The van der Waals surface area contributed by atoms with Crippen molar-refractivity contribution in [1.29, 1.82) is 0 Å². The van der Waals surface area contributed by atoms with E-state index in [0.29, 0.717) is 11.4 Å². The largest absolute Gasteiger partial charge is 0.497 e. The number of nitrogens with zero attached hydrogens (tertiary/aromatic N) is 3. The average Bonchev–Trinajstić information content (AvgIpc) is 2.38. The molecule has 1 aromatic carbocycles. The van der Waals surface area contributed by atoms with E-state index in [4.69, 9.17) is 10.5 Å². The van der Waals surface area contributed by atoms with Gasteiger partial charge >= 0.3 is 6.18 Å². The summed E-state index contributed by atoms with van der Waals surface area (Å²) in [5.74, 6) is -1.53. The third-order valence-electron chi connectivity index (χ3n) is 2.25. The Morgan fingerprint density at radius 2 is 1.75 bits per heavy atom. The highest BCUT2D eigenvalue weighted by atomic mass is 19.4. The van der Waals surface area contributed by atoms with E-state index in [0.717, 1.165) is 0 Å². The van der Waals surface area contributed by atoms with Crippen molar-refractivity contribution < 1.29 is 17.9 Å². The van der Waals surface area contributed by atoms with Crippen LogP contribution in [0.4, 0.5) is 30.8 Å². The number of methoxy groups -OCH3 is 1. The molecule has 1 aromatic heterocycles. The third kappa shape index (κ3) is 3.25. The van der Waals surface area contributed by atoms with Crippen LogP contribution < -0.4 is 15.8 Å². The summed E-state index contributed by atoms with van der Waals surface area (Å²) in [7, 11) is 1.50. The Balaban J connectivity index is 2.26. The van der Waals surface area contributed by atoms with Gasteiger partial charge in [0.15, 0.2) is 0 Å². The number of ether oxygens (including phenoxy) is 1. The predicted octanol–water partition coefficient (Wildman–Crippen LogP) is 2.22. The van der Waals surface area contributed by atoms with Gasteiger partial charge in [0.25, 0.3) is 0 Å². The minimum Gasteiger partial charge on any atom is -0.497 e. The zero-order valence-corrected chi connectivity index (χ0v) is 10.3. The molecule has 0 aliphatic rings. The summed E-state index contributed by atoms with van der Waals surface area (Å²) in [6.07, 6.45) is -4.69. The van der Waals surface area contributed by atoms with Crippen LogP contribution in [0.1, 0.15) is 5.82 Å². The van der Waals surface area contributed by atoms with Crippen LogP contribution in [0, 0.1) is 0 Å². The Hall–Kier alpha value is -2.58. The lowest BCUT2D eigenvalue weighted by molar-refractivity contribution is -0.144. The van der Waals surface area contributed by atoms with Gasteiger partial charge in [-0.3, -0.25) is 0 Å². The van der Waals surface area contributed by atoms with Crippen LogP contribution in [0.2, 0.25) is 0 Å². The first kappa shape index (κ1) is 13.8. The number of alkyl halides is 3. The fourth-order valence-corrected chi connectivity index (χ4v) is 1.38. The molecule has 3 N–H and O–H groups in total. The smallest absolute Gasteiger partial charge is 0.451 e. The summed E-state index contributed by atoms with van der Waals surface area (Å²) in [6.45, 7) is 0. The first-order chi connectivity index (χ1) is 9.38. The molecule has 0 spiro atoms. The number of benzene rings is 1. The lowest BCUT2D eigenvalue weighted by Gasteiger charge is -2.09. The molecule has 1 heterocycles. The van der Waals surface area contributed by atoms with Crippen LogP contribution in [-0.4, -0.2) is 22.1 Å². The van der Waals surface area contributed by atoms with Crippen LogP contribution in [0.25, 0.3) is 0 Å². The molecule has 106 valence electrons. The van der Waals surface area contributed by atoms with Crippen molar-refractivity contribution in [2.24, 2.45) is 0 Å². The highest BCUT2D eigenvalue weighted by Crippen LogP contribution is 2.27. The van der Waals surface area contributed by atoms with E-state index in [-0.39, 0.29) is 5.95 Å². The molecule has 0 unspecified atom stereocenters. The Labute approximate surface area is 111 Å². The summed E-state index contributed by atoms with van der Waals surface area (Å²) in [6, 6.07) is 6.48. The van der Waals surface area contributed by atoms with Crippen LogP contribution in [0.15, 0.2) is 24.3 Å². The number of nitrogens with two attached hydrogens (primary N) is 1. The van der Waals surface area contributed by atoms with Crippen LogP contribution in [0.3, 0.4) is 0 Å². The highest BCUT2D eigenvalue weighted by Gasteiger charge is 2.35. The van der Waals surface area contributed by atoms with Gasteiger partial charge in [0.2, 0.25) is 17.7 Å². The zero-order valence-electron chi connectivity index (χ0n) is 10.3. The summed E-state index contributed by atoms with van der Waals surface area (Å²) >= 11 is 0. The van der Waals surface area contributed by atoms with Crippen molar-refractivity contribution in [3.8, 4) is 5.75 Å². The number of anilines is 3. The van der Waals surface area contributed by atoms with Gasteiger partial charge in [0.1, 0.15) is 5.75 Å². The van der Waals surface area contributed by atoms with Crippen molar-refractivity contribution >= 4 is 17.6 Å². The van der Waals surface area contributed by atoms with Crippen molar-refractivity contribution in [1.82, 2.24) is 15.0 Å². The summed E-state index contributed by atoms with van der Waals surface area (Å²) in [5.41, 5.74) is 5.72. The van der Waals surface area contributed by atoms with Crippen molar-refractivity contribution in [2.45, 2.75) is 6.18 Å². The first-order valence-electron chi connectivity index (χ1n) is 5.38. The molecule has 0 bridgehead atoms. The number of rotatable bonds is 3. The van der Waals surface area contributed by atoms with Gasteiger partial charge in [-0.1, -0.05) is 0 Å². The minimum atomic E-state index is -4.69. The number of nitrogens with one attached hydrogen (secondary N) is 1. The van der Waals surface area contributed by atoms with Crippen molar-refractivity contribution in [3.05, 3.63) is 30.1 Å². The Morgan fingerprint density at radius 3 is 2.30 bits per heavy atom. The van der Waals surface area contributed by atoms with Crippen molar-refractivity contribution in [2.75, 3.05) is 18.2 Å². The lowest BCUT2D eigenvalue weighted by Crippen LogP contribution is -2.15. The van der Waals surface area contributed by atoms with E-state index in [1.165, 1.54) is 7.11 Å². The van der Waals surface area contributed by atoms with Gasteiger partial charge in [-0.2, -0.15) is 28.1 Å². The normalized spacial score (nSPS) is 11.2. The Kier molecular flexibility index (Phi) is 3.59. The summed E-state index contributed by atoms with van der Waals surface area (Å²) in [5, 5.41) is 2.61. The molecule has 0 saturated carbocycles. The highest BCUT2D eigenvalue weighted by molar-refractivity contribution is 5.55. The maximum absolute atomic E-state index is 12.5. The predicted molar refractivity (Wildman–Crippen MR) is 65.5 cm³/mol. The quantitative estimate of drug-likeness (QED) is 0.899. The van der Waals surface area contributed by atoms with E-state index < -0.39 is 17.9 Å². The van der Waals surface area contributed by atoms with Gasteiger partial charge in [-0.25, -0.2) is 0 Å².